The standard InChI is InChI=1S/C51H32N2O/c1-3-11-37-30-40(17-16-33(37)8-1)51-52-49-15-7-14-46(50(49)54-51)36-19-23-41(24-20-36)53(42-25-18-34-9-2-4-12-38(34)31-42)43-26-29-45-39(32-43)22-28-47-44-13-6-5-10-35(44)21-27-48(45)47/h1-32H. The molecular formula is C51H32N2O. The molecule has 3 heteroatoms. The summed E-state index contributed by atoms with van der Waals surface area (Å²) >= 11 is 0. The van der Waals surface area contributed by atoms with Gasteiger partial charge in [-0.2, -0.15) is 0 Å². The molecule has 0 bridgehead atoms. The van der Waals surface area contributed by atoms with E-state index in [4.69, 9.17) is 9.40 Å². The van der Waals surface area contributed by atoms with Crippen molar-refractivity contribution in [3.63, 3.8) is 0 Å². The monoisotopic (exact) mass is 688 g/mol. The molecule has 0 radical (unpaired) electrons. The molecule has 252 valence electrons. The summed E-state index contributed by atoms with van der Waals surface area (Å²) in [6.07, 6.45) is 0. The van der Waals surface area contributed by atoms with Crippen molar-refractivity contribution in [2.45, 2.75) is 0 Å². The molecule has 0 spiro atoms. The summed E-state index contributed by atoms with van der Waals surface area (Å²) in [5, 5.41) is 12.3. The molecule has 0 unspecified atom stereocenters. The fourth-order valence-electron chi connectivity index (χ4n) is 8.13. The van der Waals surface area contributed by atoms with Crippen LogP contribution in [0.2, 0.25) is 0 Å². The molecule has 0 saturated heterocycles. The quantitative estimate of drug-likeness (QED) is 0.169. The van der Waals surface area contributed by atoms with Crippen molar-refractivity contribution in [3.05, 3.63) is 194 Å². The molecule has 0 N–H and O–H groups in total. The lowest BCUT2D eigenvalue weighted by Crippen LogP contribution is -2.10. The van der Waals surface area contributed by atoms with Crippen molar-refractivity contribution < 1.29 is 4.42 Å². The fourth-order valence-corrected chi connectivity index (χ4v) is 8.13. The van der Waals surface area contributed by atoms with Crippen LogP contribution in [0.5, 0.6) is 0 Å². The number of nitrogens with zero attached hydrogens (tertiary/aromatic N) is 2. The Balaban J connectivity index is 1.01. The number of fused-ring (bicyclic) bond motifs is 8. The van der Waals surface area contributed by atoms with Crippen molar-refractivity contribution in [1.29, 1.82) is 0 Å². The van der Waals surface area contributed by atoms with Crippen LogP contribution in [0.15, 0.2) is 199 Å². The Labute approximate surface area is 312 Å². The molecule has 0 amide bonds. The number of aromatic nitrogens is 1. The summed E-state index contributed by atoms with van der Waals surface area (Å²) in [6, 6.07) is 69.5. The summed E-state index contributed by atoms with van der Waals surface area (Å²) in [5.74, 6) is 0.625. The second-order valence-electron chi connectivity index (χ2n) is 14.0. The second-order valence-corrected chi connectivity index (χ2v) is 14.0. The van der Waals surface area contributed by atoms with E-state index in [1.165, 1.54) is 48.5 Å². The van der Waals surface area contributed by atoms with Crippen LogP contribution in [0, 0.1) is 0 Å². The molecule has 1 heterocycles. The molecule has 11 aromatic rings. The zero-order valence-corrected chi connectivity index (χ0v) is 29.3. The van der Waals surface area contributed by atoms with E-state index < -0.39 is 0 Å². The van der Waals surface area contributed by atoms with Crippen molar-refractivity contribution >= 4 is 82.0 Å². The molecule has 0 aliphatic carbocycles. The lowest BCUT2D eigenvalue weighted by Gasteiger charge is -2.26. The Morgan fingerprint density at radius 1 is 0.352 bits per heavy atom. The van der Waals surface area contributed by atoms with Gasteiger partial charge in [0.05, 0.1) is 0 Å². The average Bonchev–Trinajstić information content (AvgIpc) is 3.69. The average molecular weight is 689 g/mol. The van der Waals surface area contributed by atoms with Crippen molar-refractivity contribution in [3.8, 4) is 22.6 Å². The summed E-state index contributed by atoms with van der Waals surface area (Å²) in [5.41, 5.74) is 7.95. The third-order valence-corrected chi connectivity index (χ3v) is 10.8. The Bertz CT molecular complexity index is 3230. The highest BCUT2D eigenvalue weighted by molar-refractivity contribution is 6.17. The third kappa shape index (κ3) is 5.02. The molecule has 11 rings (SSSR count). The highest BCUT2D eigenvalue weighted by Gasteiger charge is 2.17. The first-order valence-corrected chi connectivity index (χ1v) is 18.4. The van der Waals surface area contributed by atoms with E-state index in [-0.39, 0.29) is 0 Å². The first-order valence-electron chi connectivity index (χ1n) is 18.4. The summed E-state index contributed by atoms with van der Waals surface area (Å²) < 4.78 is 6.52. The van der Waals surface area contributed by atoms with Crippen LogP contribution >= 0.6 is 0 Å². The lowest BCUT2D eigenvalue weighted by molar-refractivity contribution is 0.621. The van der Waals surface area contributed by atoms with E-state index >= 15 is 0 Å². The Morgan fingerprint density at radius 2 is 0.889 bits per heavy atom. The largest absolute Gasteiger partial charge is 0.435 e. The van der Waals surface area contributed by atoms with Gasteiger partial charge >= 0.3 is 0 Å². The Kier molecular flexibility index (Phi) is 6.86. The van der Waals surface area contributed by atoms with Gasteiger partial charge in [-0.3, -0.25) is 0 Å². The summed E-state index contributed by atoms with van der Waals surface area (Å²) in [6.45, 7) is 0. The van der Waals surface area contributed by atoms with E-state index in [0.29, 0.717) is 5.89 Å². The van der Waals surface area contributed by atoms with Crippen LogP contribution in [-0.4, -0.2) is 4.98 Å². The maximum atomic E-state index is 6.52. The van der Waals surface area contributed by atoms with Gasteiger partial charge in [-0.15, -0.1) is 0 Å². The van der Waals surface area contributed by atoms with Crippen LogP contribution in [0.25, 0.3) is 87.5 Å². The van der Waals surface area contributed by atoms with Gasteiger partial charge in [-0.1, -0.05) is 140 Å². The van der Waals surface area contributed by atoms with Gasteiger partial charge < -0.3 is 9.32 Å². The SMILES string of the molecule is c1ccc2cc(-c3nc4cccc(-c5ccc(N(c6ccc7ccccc7c6)c6ccc7c(ccc8c9ccccc9ccc78)c6)cc5)c4o3)ccc2c1. The zero-order valence-electron chi connectivity index (χ0n) is 29.3. The van der Waals surface area contributed by atoms with Gasteiger partial charge in [0, 0.05) is 28.2 Å². The molecule has 1 aromatic heterocycles. The van der Waals surface area contributed by atoms with Gasteiger partial charge in [0.2, 0.25) is 5.89 Å². The van der Waals surface area contributed by atoms with Crippen LogP contribution in [-0.2, 0) is 0 Å². The molecule has 0 fully saturated rings. The highest BCUT2D eigenvalue weighted by Crippen LogP contribution is 2.41. The number of benzene rings is 10. The minimum atomic E-state index is 0.625. The first kappa shape index (κ1) is 30.4. The Hall–Kier alpha value is -7.23. The smallest absolute Gasteiger partial charge is 0.227 e. The lowest BCUT2D eigenvalue weighted by atomic mass is 9.96. The number of anilines is 3. The molecule has 0 aliphatic heterocycles. The van der Waals surface area contributed by atoms with E-state index in [0.717, 1.165) is 50.2 Å². The maximum absolute atomic E-state index is 6.52. The topological polar surface area (TPSA) is 29.3 Å². The number of hydrogen-bond acceptors (Lipinski definition) is 3. The first-order chi connectivity index (χ1) is 26.7. The van der Waals surface area contributed by atoms with Crippen molar-refractivity contribution in [2.24, 2.45) is 0 Å². The van der Waals surface area contributed by atoms with E-state index in [9.17, 15) is 0 Å². The van der Waals surface area contributed by atoms with Gasteiger partial charge in [0.1, 0.15) is 5.52 Å². The normalized spacial score (nSPS) is 11.7. The maximum Gasteiger partial charge on any atom is 0.227 e. The second kappa shape index (κ2) is 12.2. The number of rotatable bonds is 5. The molecule has 0 atom stereocenters. The van der Waals surface area contributed by atoms with Gasteiger partial charge in [0.15, 0.2) is 5.58 Å². The van der Waals surface area contributed by atoms with Crippen molar-refractivity contribution in [1.82, 2.24) is 4.98 Å². The molecule has 0 saturated carbocycles. The minimum Gasteiger partial charge on any atom is -0.435 e. The third-order valence-electron chi connectivity index (χ3n) is 10.8. The minimum absolute atomic E-state index is 0.625. The van der Waals surface area contributed by atoms with Gasteiger partial charge in [-0.25, -0.2) is 4.98 Å². The Morgan fingerprint density at radius 3 is 1.67 bits per heavy atom. The predicted molar refractivity (Wildman–Crippen MR) is 227 cm³/mol. The van der Waals surface area contributed by atoms with E-state index in [1.54, 1.807) is 0 Å². The number of oxazole rings is 1. The molecule has 0 aliphatic rings. The van der Waals surface area contributed by atoms with Crippen LogP contribution in [0.1, 0.15) is 0 Å². The van der Waals surface area contributed by atoms with Gasteiger partial charge in [-0.05, 0) is 114 Å². The van der Waals surface area contributed by atoms with Crippen LogP contribution in [0.4, 0.5) is 17.1 Å². The summed E-state index contributed by atoms with van der Waals surface area (Å²) in [4.78, 5) is 7.26. The number of hydrogen-bond donors (Lipinski definition) is 0. The summed E-state index contributed by atoms with van der Waals surface area (Å²) in [7, 11) is 0. The number of para-hydroxylation sites is 1. The highest BCUT2D eigenvalue weighted by atomic mass is 16.3. The van der Waals surface area contributed by atoms with Gasteiger partial charge in [0.25, 0.3) is 0 Å². The fraction of sp³-hybridized carbons (Fsp3) is 0. The van der Waals surface area contributed by atoms with Crippen molar-refractivity contribution in [2.75, 3.05) is 4.90 Å². The molecule has 3 nitrogen and oxygen atoms in total. The zero-order chi connectivity index (χ0) is 35.6. The molecule has 10 aromatic carbocycles. The predicted octanol–water partition coefficient (Wildman–Crippen LogP) is 14.4. The van der Waals surface area contributed by atoms with Crippen LogP contribution in [0.3, 0.4) is 0 Å². The molecule has 54 heavy (non-hydrogen) atoms. The van der Waals surface area contributed by atoms with Crippen LogP contribution < -0.4 is 4.90 Å². The van der Waals surface area contributed by atoms with E-state index in [2.05, 4.69) is 193 Å². The van der Waals surface area contributed by atoms with E-state index in [1.807, 2.05) is 6.07 Å². The molecular weight excluding hydrogens is 657 g/mol.